The third kappa shape index (κ3) is 5.52. The molecule has 0 spiro atoms. The summed E-state index contributed by atoms with van der Waals surface area (Å²) >= 11 is 0. The highest BCUT2D eigenvalue weighted by molar-refractivity contribution is 6.14. The normalized spacial score (nSPS) is 18.7. The number of benzene rings is 1. The maximum Gasteiger partial charge on any atom is 0.252 e. The molecule has 1 aromatic heterocycles. The SMILES string of the molecule is CNC1COCC[C@H]1Nc1ccc(C(N)=O)c(Nc2cccc(N/N=C\C=N)c2)n1. The fourth-order valence-electron chi connectivity index (χ4n) is 3.17. The van der Waals surface area contributed by atoms with Gasteiger partial charge in [-0.05, 0) is 43.8 Å². The van der Waals surface area contributed by atoms with Crippen molar-refractivity contribution in [1.29, 1.82) is 5.41 Å². The van der Waals surface area contributed by atoms with Gasteiger partial charge in [0, 0.05) is 24.6 Å². The molecular formula is C20H26N8O2. The summed E-state index contributed by atoms with van der Waals surface area (Å²) in [6.07, 6.45) is 3.25. The number of nitrogens with zero attached hydrogens (tertiary/aromatic N) is 2. The summed E-state index contributed by atoms with van der Waals surface area (Å²) in [5.41, 5.74) is 10.1. The van der Waals surface area contributed by atoms with Gasteiger partial charge in [0.15, 0.2) is 0 Å². The molecule has 0 aliphatic carbocycles. The number of aromatic nitrogens is 1. The second kappa shape index (κ2) is 10.3. The first-order valence-electron chi connectivity index (χ1n) is 9.58. The van der Waals surface area contributed by atoms with Crippen LogP contribution in [0.3, 0.4) is 0 Å². The van der Waals surface area contributed by atoms with Crippen molar-refractivity contribution in [1.82, 2.24) is 10.3 Å². The predicted octanol–water partition coefficient (Wildman–Crippen LogP) is 1.76. The lowest BCUT2D eigenvalue weighted by Crippen LogP contribution is -2.49. The molecule has 3 rings (SSSR count). The molecule has 7 N–H and O–H groups in total. The molecule has 1 saturated heterocycles. The third-order valence-electron chi connectivity index (χ3n) is 4.69. The van der Waals surface area contributed by atoms with Gasteiger partial charge in [0.25, 0.3) is 5.91 Å². The molecule has 10 heteroatoms. The number of nitrogens with one attached hydrogen (secondary N) is 5. The van der Waals surface area contributed by atoms with Gasteiger partial charge in [0.1, 0.15) is 11.6 Å². The van der Waals surface area contributed by atoms with Crippen LogP contribution in [0.5, 0.6) is 0 Å². The maximum absolute atomic E-state index is 11.9. The van der Waals surface area contributed by atoms with Crippen LogP contribution in [0.15, 0.2) is 41.5 Å². The first-order valence-corrected chi connectivity index (χ1v) is 9.58. The van der Waals surface area contributed by atoms with Crippen LogP contribution in [0.2, 0.25) is 0 Å². The molecule has 10 nitrogen and oxygen atoms in total. The first kappa shape index (κ1) is 21.2. The van der Waals surface area contributed by atoms with Crippen LogP contribution in [-0.2, 0) is 4.74 Å². The number of anilines is 4. The number of hydrazone groups is 1. The number of likely N-dealkylation sites (N-methyl/N-ethyl adjacent to an activating group) is 1. The van der Waals surface area contributed by atoms with Crippen molar-refractivity contribution in [2.75, 3.05) is 36.3 Å². The van der Waals surface area contributed by atoms with E-state index in [1.807, 2.05) is 31.3 Å². The number of carbonyl (C=O) groups is 1. The van der Waals surface area contributed by atoms with E-state index >= 15 is 0 Å². The van der Waals surface area contributed by atoms with E-state index in [-0.39, 0.29) is 17.6 Å². The molecule has 0 saturated carbocycles. The highest BCUT2D eigenvalue weighted by Gasteiger charge is 2.25. The molecular weight excluding hydrogens is 384 g/mol. The lowest BCUT2D eigenvalue weighted by Gasteiger charge is -2.32. The second-order valence-corrected chi connectivity index (χ2v) is 6.73. The standard InChI is InChI=1S/C20H26N8O2/c1-23-17-12-30-10-7-16(17)26-18-6-5-15(19(22)29)20(27-18)25-13-3-2-4-14(11-13)28-24-9-8-21/h2-6,8-9,11,16-17,21,23,28H,7,10,12H2,1H3,(H2,22,29)(H2,25,26,27)/b21-8?,24-9-/t16-,17?/m1/s1. The fourth-order valence-corrected chi connectivity index (χ4v) is 3.17. The minimum absolute atomic E-state index is 0.155. The topological polar surface area (TPSA) is 150 Å². The molecule has 2 atom stereocenters. The van der Waals surface area contributed by atoms with Crippen molar-refractivity contribution in [3.63, 3.8) is 0 Å². The average Bonchev–Trinajstić information content (AvgIpc) is 2.74. The first-order chi connectivity index (χ1) is 14.6. The Morgan fingerprint density at radius 3 is 2.90 bits per heavy atom. The van der Waals surface area contributed by atoms with E-state index in [1.54, 1.807) is 12.1 Å². The molecule has 30 heavy (non-hydrogen) atoms. The molecule has 1 amide bonds. The monoisotopic (exact) mass is 410 g/mol. The molecule has 2 aromatic rings. The Balaban J connectivity index is 1.81. The number of hydrogen-bond donors (Lipinski definition) is 6. The number of carbonyl (C=O) groups excluding carboxylic acids is 1. The van der Waals surface area contributed by atoms with E-state index in [4.69, 9.17) is 15.9 Å². The average molecular weight is 410 g/mol. The van der Waals surface area contributed by atoms with E-state index in [9.17, 15) is 4.79 Å². The summed E-state index contributed by atoms with van der Waals surface area (Å²) in [5, 5.41) is 20.7. The van der Waals surface area contributed by atoms with E-state index in [2.05, 4.69) is 31.5 Å². The number of nitrogens with two attached hydrogens (primary N) is 1. The van der Waals surface area contributed by atoms with E-state index in [0.717, 1.165) is 12.6 Å². The number of rotatable bonds is 9. The Bertz CT molecular complexity index is 917. The molecule has 1 fully saturated rings. The van der Waals surface area contributed by atoms with Crippen LogP contribution in [0.4, 0.5) is 23.0 Å². The van der Waals surface area contributed by atoms with Gasteiger partial charge < -0.3 is 31.8 Å². The molecule has 158 valence electrons. The molecule has 1 unspecified atom stereocenters. The van der Waals surface area contributed by atoms with Crippen molar-refractivity contribution in [2.24, 2.45) is 10.8 Å². The van der Waals surface area contributed by atoms with E-state index < -0.39 is 5.91 Å². The summed E-state index contributed by atoms with van der Waals surface area (Å²) in [5.74, 6) is 0.431. The van der Waals surface area contributed by atoms with Crippen LogP contribution in [0.25, 0.3) is 0 Å². The van der Waals surface area contributed by atoms with Crippen LogP contribution < -0.4 is 27.1 Å². The lowest BCUT2D eigenvalue weighted by molar-refractivity contribution is 0.0657. The van der Waals surface area contributed by atoms with Gasteiger partial charge in [0.05, 0.1) is 30.1 Å². The van der Waals surface area contributed by atoms with Gasteiger partial charge in [-0.2, -0.15) is 5.10 Å². The van der Waals surface area contributed by atoms with Gasteiger partial charge in [-0.3, -0.25) is 10.2 Å². The zero-order valence-electron chi connectivity index (χ0n) is 16.7. The molecule has 1 aliphatic rings. The number of hydrogen-bond acceptors (Lipinski definition) is 9. The van der Waals surface area contributed by atoms with Crippen LogP contribution in [0, 0.1) is 5.41 Å². The minimum atomic E-state index is -0.569. The molecule has 0 radical (unpaired) electrons. The van der Waals surface area contributed by atoms with E-state index in [1.165, 1.54) is 6.21 Å². The Morgan fingerprint density at radius 2 is 2.13 bits per heavy atom. The fraction of sp³-hybridized carbons (Fsp3) is 0.300. The number of pyridine rings is 1. The Kier molecular flexibility index (Phi) is 7.30. The Morgan fingerprint density at radius 1 is 1.30 bits per heavy atom. The van der Waals surface area contributed by atoms with Crippen LogP contribution in [-0.4, -0.2) is 55.7 Å². The van der Waals surface area contributed by atoms with Crippen molar-refractivity contribution in [3.05, 3.63) is 42.0 Å². The summed E-state index contributed by atoms with van der Waals surface area (Å²) in [6.45, 7) is 1.31. The zero-order valence-corrected chi connectivity index (χ0v) is 16.7. The molecule has 1 aliphatic heterocycles. The summed E-state index contributed by atoms with van der Waals surface area (Å²) in [4.78, 5) is 16.5. The maximum atomic E-state index is 11.9. The van der Waals surface area contributed by atoms with Crippen molar-refractivity contribution in [2.45, 2.75) is 18.5 Å². The molecule has 0 bridgehead atoms. The highest BCUT2D eigenvalue weighted by Crippen LogP contribution is 2.24. The minimum Gasteiger partial charge on any atom is -0.380 e. The second-order valence-electron chi connectivity index (χ2n) is 6.73. The van der Waals surface area contributed by atoms with Gasteiger partial charge >= 0.3 is 0 Å². The lowest BCUT2D eigenvalue weighted by atomic mass is 10.0. The van der Waals surface area contributed by atoms with Crippen LogP contribution >= 0.6 is 0 Å². The smallest absolute Gasteiger partial charge is 0.252 e. The third-order valence-corrected chi connectivity index (χ3v) is 4.69. The van der Waals surface area contributed by atoms with Crippen molar-refractivity contribution in [3.8, 4) is 0 Å². The Labute approximate surface area is 174 Å². The quantitative estimate of drug-likeness (QED) is 0.272. The van der Waals surface area contributed by atoms with Crippen molar-refractivity contribution >= 4 is 41.3 Å². The van der Waals surface area contributed by atoms with Gasteiger partial charge in [-0.25, -0.2) is 4.98 Å². The number of primary amides is 1. The largest absolute Gasteiger partial charge is 0.380 e. The summed E-state index contributed by atoms with van der Waals surface area (Å²) in [7, 11) is 1.90. The van der Waals surface area contributed by atoms with E-state index in [0.29, 0.717) is 36.2 Å². The Hall–Kier alpha value is -3.50. The molecule has 1 aromatic carbocycles. The summed E-state index contributed by atoms with van der Waals surface area (Å²) in [6, 6.07) is 11.0. The zero-order chi connectivity index (χ0) is 21.3. The predicted molar refractivity (Wildman–Crippen MR) is 119 cm³/mol. The summed E-state index contributed by atoms with van der Waals surface area (Å²) < 4.78 is 5.52. The van der Waals surface area contributed by atoms with Crippen molar-refractivity contribution < 1.29 is 9.53 Å². The van der Waals surface area contributed by atoms with Crippen LogP contribution in [0.1, 0.15) is 16.8 Å². The van der Waals surface area contributed by atoms with Gasteiger partial charge in [0.2, 0.25) is 0 Å². The van der Waals surface area contributed by atoms with Gasteiger partial charge in [-0.15, -0.1) is 0 Å². The molecule has 2 heterocycles. The van der Waals surface area contributed by atoms with Gasteiger partial charge in [-0.1, -0.05) is 6.07 Å². The highest BCUT2D eigenvalue weighted by atomic mass is 16.5. The number of amides is 1. The number of ether oxygens (including phenoxy) is 1.